The van der Waals surface area contributed by atoms with Crippen molar-refractivity contribution < 1.29 is 13.9 Å². The molecule has 15 heavy (non-hydrogen) atoms. The third-order valence-corrected chi connectivity index (χ3v) is 3.10. The Morgan fingerprint density at radius 2 is 1.80 bits per heavy atom. The lowest BCUT2D eigenvalue weighted by molar-refractivity contribution is 0.371. The zero-order chi connectivity index (χ0) is 11.1. The second-order valence-electron chi connectivity index (χ2n) is 4.12. The summed E-state index contributed by atoms with van der Waals surface area (Å²) < 4.78 is 26.4. The molecule has 1 saturated carbocycles. The van der Waals surface area contributed by atoms with Gasteiger partial charge in [-0.25, -0.2) is 8.78 Å². The summed E-state index contributed by atoms with van der Waals surface area (Å²) in [5.41, 5.74) is 5.51. The molecular formula is C11H13F2NO. The van der Waals surface area contributed by atoms with Gasteiger partial charge in [0.05, 0.1) is 0 Å². The fourth-order valence-corrected chi connectivity index (χ4v) is 2.20. The molecule has 0 saturated heterocycles. The second-order valence-corrected chi connectivity index (χ2v) is 4.12. The van der Waals surface area contributed by atoms with Crippen LogP contribution >= 0.6 is 0 Å². The number of phenols is 1. The Balaban J connectivity index is 2.49. The lowest BCUT2D eigenvalue weighted by Gasteiger charge is -2.24. The standard InChI is InChI=1S/C11H13F2NO/c12-8-4-3-7(9(13)10(8)15)11(14)5-1-2-6-11/h3-4,15H,1-2,5-6,14H2. The van der Waals surface area contributed by atoms with Gasteiger partial charge in [0, 0.05) is 11.1 Å². The molecule has 0 radical (unpaired) electrons. The van der Waals surface area contributed by atoms with Crippen molar-refractivity contribution in [2.75, 3.05) is 0 Å². The Morgan fingerprint density at radius 1 is 1.20 bits per heavy atom. The number of nitrogens with two attached hydrogens (primary N) is 1. The molecule has 4 heteroatoms. The highest BCUT2D eigenvalue weighted by molar-refractivity contribution is 5.36. The van der Waals surface area contributed by atoms with Gasteiger partial charge in [-0.2, -0.15) is 0 Å². The average Bonchev–Trinajstić information content (AvgIpc) is 2.62. The van der Waals surface area contributed by atoms with E-state index in [0.717, 1.165) is 18.9 Å². The molecule has 0 atom stereocenters. The first-order valence-electron chi connectivity index (χ1n) is 5.01. The molecule has 1 aromatic carbocycles. The number of benzene rings is 1. The van der Waals surface area contributed by atoms with Crippen molar-refractivity contribution in [3.8, 4) is 5.75 Å². The van der Waals surface area contributed by atoms with E-state index in [2.05, 4.69) is 0 Å². The van der Waals surface area contributed by atoms with Gasteiger partial charge >= 0.3 is 0 Å². The monoisotopic (exact) mass is 213 g/mol. The van der Waals surface area contributed by atoms with Gasteiger partial charge in [-0.3, -0.25) is 0 Å². The molecule has 0 aromatic heterocycles. The molecule has 3 N–H and O–H groups in total. The molecule has 0 unspecified atom stereocenters. The summed E-state index contributed by atoms with van der Waals surface area (Å²) in [6.45, 7) is 0. The van der Waals surface area contributed by atoms with Crippen LogP contribution in [0, 0.1) is 11.6 Å². The minimum absolute atomic E-state index is 0.221. The molecule has 1 fully saturated rings. The van der Waals surface area contributed by atoms with Gasteiger partial charge in [-0.1, -0.05) is 18.9 Å². The fourth-order valence-electron chi connectivity index (χ4n) is 2.20. The van der Waals surface area contributed by atoms with Crippen molar-refractivity contribution in [2.45, 2.75) is 31.2 Å². The first kappa shape index (κ1) is 10.4. The SMILES string of the molecule is NC1(c2ccc(F)c(O)c2F)CCCC1. The third kappa shape index (κ3) is 1.59. The smallest absolute Gasteiger partial charge is 0.188 e. The molecular weight excluding hydrogens is 200 g/mol. The fraction of sp³-hybridized carbons (Fsp3) is 0.455. The van der Waals surface area contributed by atoms with E-state index in [-0.39, 0.29) is 5.56 Å². The van der Waals surface area contributed by atoms with E-state index in [4.69, 9.17) is 10.8 Å². The molecule has 0 spiro atoms. The maximum Gasteiger partial charge on any atom is 0.188 e. The topological polar surface area (TPSA) is 46.2 Å². The van der Waals surface area contributed by atoms with Crippen LogP contribution in [0.15, 0.2) is 12.1 Å². The van der Waals surface area contributed by atoms with Crippen LogP contribution in [-0.2, 0) is 5.54 Å². The lowest BCUT2D eigenvalue weighted by atomic mass is 9.89. The van der Waals surface area contributed by atoms with Crippen molar-refractivity contribution >= 4 is 0 Å². The number of halogens is 2. The summed E-state index contributed by atoms with van der Waals surface area (Å²) in [4.78, 5) is 0. The Hall–Kier alpha value is -1.16. The van der Waals surface area contributed by atoms with Crippen LogP contribution in [-0.4, -0.2) is 5.11 Å². The maximum absolute atomic E-state index is 13.6. The van der Waals surface area contributed by atoms with Crippen molar-refractivity contribution in [1.29, 1.82) is 0 Å². The molecule has 82 valence electrons. The van der Waals surface area contributed by atoms with Gasteiger partial charge in [0.15, 0.2) is 17.4 Å². The lowest BCUT2D eigenvalue weighted by Crippen LogP contribution is -2.34. The minimum atomic E-state index is -0.946. The largest absolute Gasteiger partial charge is 0.503 e. The van der Waals surface area contributed by atoms with Crippen LogP contribution in [0.1, 0.15) is 31.2 Å². The minimum Gasteiger partial charge on any atom is -0.503 e. The van der Waals surface area contributed by atoms with Crippen molar-refractivity contribution in [3.63, 3.8) is 0 Å². The van der Waals surface area contributed by atoms with Crippen molar-refractivity contribution in [3.05, 3.63) is 29.3 Å². The van der Waals surface area contributed by atoms with Gasteiger partial charge in [-0.15, -0.1) is 0 Å². The van der Waals surface area contributed by atoms with Gasteiger partial charge in [0.2, 0.25) is 0 Å². The summed E-state index contributed by atoms with van der Waals surface area (Å²) in [6, 6.07) is 2.39. The first-order valence-corrected chi connectivity index (χ1v) is 5.01. The van der Waals surface area contributed by atoms with Gasteiger partial charge in [0.25, 0.3) is 0 Å². The quantitative estimate of drug-likeness (QED) is 0.752. The summed E-state index contributed by atoms with van der Waals surface area (Å²) in [6.07, 6.45) is 3.23. The Morgan fingerprint density at radius 3 is 2.40 bits per heavy atom. The Bertz CT molecular complexity index is 386. The predicted molar refractivity (Wildman–Crippen MR) is 52.4 cm³/mol. The Kier molecular flexibility index (Phi) is 2.38. The number of hydrogen-bond donors (Lipinski definition) is 2. The van der Waals surface area contributed by atoms with Crippen LogP contribution in [0.5, 0.6) is 5.75 Å². The number of rotatable bonds is 1. The molecule has 0 aliphatic heterocycles. The molecule has 1 aliphatic rings. The zero-order valence-corrected chi connectivity index (χ0v) is 8.26. The van der Waals surface area contributed by atoms with Gasteiger partial charge in [0.1, 0.15) is 0 Å². The average molecular weight is 213 g/mol. The highest BCUT2D eigenvalue weighted by atomic mass is 19.1. The zero-order valence-electron chi connectivity index (χ0n) is 8.26. The highest BCUT2D eigenvalue weighted by Gasteiger charge is 2.34. The van der Waals surface area contributed by atoms with E-state index in [1.807, 2.05) is 0 Å². The normalized spacial score (nSPS) is 19.4. The first-order chi connectivity index (χ1) is 7.04. The van der Waals surface area contributed by atoms with Crippen LogP contribution in [0.25, 0.3) is 0 Å². The summed E-state index contributed by atoms with van der Waals surface area (Å²) in [5, 5.41) is 9.16. The molecule has 2 rings (SSSR count). The molecule has 2 nitrogen and oxygen atoms in total. The maximum atomic E-state index is 13.6. The second kappa shape index (κ2) is 3.45. The van der Waals surface area contributed by atoms with E-state index in [1.165, 1.54) is 6.07 Å². The summed E-state index contributed by atoms with van der Waals surface area (Å²) >= 11 is 0. The van der Waals surface area contributed by atoms with Gasteiger partial charge < -0.3 is 10.8 Å². The highest BCUT2D eigenvalue weighted by Crippen LogP contribution is 2.39. The number of aromatic hydroxyl groups is 1. The van der Waals surface area contributed by atoms with Crippen LogP contribution in [0.4, 0.5) is 8.78 Å². The number of hydrogen-bond acceptors (Lipinski definition) is 2. The van der Waals surface area contributed by atoms with Crippen LogP contribution in [0.3, 0.4) is 0 Å². The molecule has 0 amide bonds. The van der Waals surface area contributed by atoms with Crippen LogP contribution in [0.2, 0.25) is 0 Å². The van der Waals surface area contributed by atoms with E-state index in [1.54, 1.807) is 0 Å². The van der Waals surface area contributed by atoms with Gasteiger partial charge in [-0.05, 0) is 18.9 Å². The summed E-state index contributed by atoms with van der Waals surface area (Å²) in [5.74, 6) is -2.79. The van der Waals surface area contributed by atoms with Crippen molar-refractivity contribution in [1.82, 2.24) is 0 Å². The van der Waals surface area contributed by atoms with Crippen LogP contribution < -0.4 is 5.73 Å². The summed E-state index contributed by atoms with van der Waals surface area (Å²) in [7, 11) is 0. The third-order valence-electron chi connectivity index (χ3n) is 3.10. The molecule has 1 aliphatic carbocycles. The molecule has 1 aromatic rings. The molecule has 0 bridgehead atoms. The Labute approximate surface area is 86.7 Å². The van der Waals surface area contributed by atoms with E-state index in [0.29, 0.717) is 12.8 Å². The predicted octanol–water partition coefficient (Wildman–Crippen LogP) is 2.40. The van der Waals surface area contributed by atoms with E-state index < -0.39 is 22.9 Å². The number of phenolic OH excluding ortho intramolecular Hbond substituents is 1. The van der Waals surface area contributed by atoms with E-state index in [9.17, 15) is 8.78 Å². The molecule has 0 heterocycles. The van der Waals surface area contributed by atoms with Crippen molar-refractivity contribution in [2.24, 2.45) is 5.73 Å². The van der Waals surface area contributed by atoms with E-state index >= 15 is 0 Å².